The van der Waals surface area contributed by atoms with Gasteiger partial charge in [0.25, 0.3) is 0 Å². The number of benzene rings is 1. The van der Waals surface area contributed by atoms with Crippen LogP contribution in [0, 0.1) is 11.6 Å². The molecule has 0 aliphatic rings. The molecule has 9 nitrogen and oxygen atoms in total. The maximum atomic E-state index is 14.1. The van der Waals surface area contributed by atoms with Crippen LogP contribution in [0.1, 0.15) is 34.8 Å². The smallest absolute Gasteiger partial charge is 0.344 e. The first-order chi connectivity index (χ1) is 15.4. The summed E-state index contributed by atoms with van der Waals surface area (Å²) in [6.07, 6.45) is 6.10. The maximum Gasteiger partial charge on any atom is 0.344 e. The van der Waals surface area contributed by atoms with Gasteiger partial charge in [0.1, 0.15) is 23.2 Å². The molecule has 0 aliphatic heterocycles. The third-order valence-corrected chi connectivity index (χ3v) is 5.25. The number of halogens is 2. The number of carbonyl (C=O) groups excluding carboxylic acids is 1. The molecular formula is C20H21F2N5O4S. The van der Waals surface area contributed by atoms with Gasteiger partial charge in [-0.25, -0.2) is 23.4 Å². The molecule has 32 heavy (non-hydrogen) atoms. The van der Waals surface area contributed by atoms with E-state index in [1.54, 1.807) is 25.6 Å². The van der Waals surface area contributed by atoms with E-state index in [1.807, 2.05) is 4.57 Å². The predicted molar refractivity (Wildman–Crippen MR) is 113 cm³/mol. The van der Waals surface area contributed by atoms with Crippen LogP contribution >= 0.6 is 11.5 Å². The average molecular weight is 465 g/mol. The monoisotopic (exact) mass is 465 g/mol. The van der Waals surface area contributed by atoms with E-state index in [2.05, 4.69) is 20.0 Å². The van der Waals surface area contributed by atoms with E-state index in [1.165, 1.54) is 0 Å². The molecule has 1 aromatic carbocycles. The summed E-state index contributed by atoms with van der Waals surface area (Å²) in [5.74, 6) is -2.91. The lowest BCUT2D eigenvalue weighted by atomic mass is 10.1. The Bertz CT molecular complexity index is 1090. The molecule has 0 saturated carbocycles. The summed E-state index contributed by atoms with van der Waals surface area (Å²) in [5.41, 5.74) is -0.211. The highest BCUT2D eigenvalue weighted by atomic mass is 32.1. The molecule has 3 N–H and O–H groups in total. The number of rotatable bonds is 10. The molecule has 2 aromatic heterocycles. The largest absolute Gasteiger partial charge is 0.477 e. The van der Waals surface area contributed by atoms with Crippen LogP contribution in [0.4, 0.5) is 18.6 Å². The van der Waals surface area contributed by atoms with Gasteiger partial charge in [-0.1, -0.05) is 6.92 Å². The van der Waals surface area contributed by atoms with Crippen molar-refractivity contribution in [3.8, 4) is 5.88 Å². The van der Waals surface area contributed by atoms with Crippen LogP contribution in [0.5, 0.6) is 5.88 Å². The Morgan fingerprint density at radius 2 is 2.00 bits per heavy atom. The van der Waals surface area contributed by atoms with Crippen LogP contribution in [-0.2, 0) is 19.6 Å². The van der Waals surface area contributed by atoms with Gasteiger partial charge in [-0.3, -0.25) is 5.32 Å². The molecule has 0 bridgehead atoms. The molecule has 0 spiro atoms. The molecule has 0 fully saturated rings. The Balaban J connectivity index is 1.59. The molecule has 2 amide bonds. The minimum atomic E-state index is -1.38. The van der Waals surface area contributed by atoms with Gasteiger partial charge in [-0.05, 0) is 42.1 Å². The minimum Gasteiger partial charge on any atom is -0.477 e. The van der Waals surface area contributed by atoms with Crippen molar-refractivity contribution in [2.24, 2.45) is 0 Å². The van der Waals surface area contributed by atoms with Crippen LogP contribution in [0.3, 0.4) is 0 Å². The van der Waals surface area contributed by atoms with Crippen LogP contribution in [0.25, 0.3) is 0 Å². The van der Waals surface area contributed by atoms with Crippen molar-refractivity contribution in [3.63, 3.8) is 0 Å². The van der Waals surface area contributed by atoms with Gasteiger partial charge in [0, 0.05) is 31.0 Å². The summed E-state index contributed by atoms with van der Waals surface area (Å²) < 4.78 is 39.2. The van der Waals surface area contributed by atoms with E-state index in [0.717, 1.165) is 12.1 Å². The van der Waals surface area contributed by atoms with E-state index in [9.17, 15) is 23.5 Å². The molecule has 0 unspecified atom stereocenters. The molecule has 3 aromatic rings. The number of nitrogens with zero attached hydrogens (tertiary/aromatic N) is 3. The van der Waals surface area contributed by atoms with Crippen molar-refractivity contribution in [1.82, 2.24) is 19.2 Å². The summed E-state index contributed by atoms with van der Waals surface area (Å²) >= 11 is 0.711. The van der Waals surface area contributed by atoms with Crippen molar-refractivity contribution in [1.29, 1.82) is 0 Å². The van der Waals surface area contributed by atoms with E-state index >= 15 is 0 Å². The first-order valence-electron chi connectivity index (χ1n) is 9.72. The fraction of sp³-hybridized carbons (Fsp3) is 0.300. The molecule has 3 rings (SSSR count). The zero-order valence-electron chi connectivity index (χ0n) is 17.1. The molecule has 170 valence electrons. The number of aromatic carboxylic acids is 1. The maximum absolute atomic E-state index is 14.1. The second-order valence-electron chi connectivity index (χ2n) is 6.71. The first-order valence-corrected chi connectivity index (χ1v) is 10.5. The number of ether oxygens (including phenoxy) is 1. The van der Waals surface area contributed by atoms with E-state index < -0.39 is 30.2 Å². The third-order valence-electron chi connectivity index (χ3n) is 4.50. The van der Waals surface area contributed by atoms with Gasteiger partial charge in [-0.15, -0.1) is 0 Å². The van der Waals surface area contributed by atoms with Crippen molar-refractivity contribution < 1.29 is 28.2 Å². The molecule has 12 heteroatoms. The molecular weight excluding hydrogens is 444 g/mol. The van der Waals surface area contributed by atoms with Crippen LogP contribution in [-0.4, -0.2) is 37.6 Å². The topological polar surface area (TPSA) is 118 Å². The summed E-state index contributed by atoms with van der Waals surface area (Å²) in [6, 6.07) is 1.49. The minimum absolute atomic E-state index is 0.0346. The Labute approximate surface area is 186 Å². The van der Waals surface area contributed by atoms with Crippen LogP contribution < -0.4 is 15.4 Å². The second kappa shape index (κ2) is 10.7. The van der Waals surface area contributed by atoms with E-state index in [-0.39, 0.29) is 27.6 Å². The summed E-state index contributed by atoms with van der Waals surface area (Å²) in [4.78, 5) is 27.7. The summed E-state index contributed by atoms with van der Waals surface area (Å²) in [5, 5.41) is 14.5. The Kier molecular flexibility index (Phi) is 7.71. The zero-order valence-corrected chi connectivity index (χ0v) is 17.9. The highest BCUT2D eigenvalue weighted by Gasteiger charge is 2.24. The third kappa shape index (κ3) is 5.78. The lowest BCUT2D eigenvalue weighted by Crippen LogP contribution is -2.30. The fourth-order valence-corrected chi connectivity index (χ4v) is 3.56. The van der Waals surface area contributed by atoms with Gasteiger partial charge in [0.15, 0.2) is 5.56 Å². The number of carboxylic acid groups (broad SMARTS) is 1. The van der Waals surface area contributed by atoms with Crippen LogP contribution in [0.2, 0.25) is 0 Å². The summed E-state index contributed by atoms with van der Waals surface area (Å²) in [6.45, 7) is 2.30. The molecule has 2 heterocycles. The number of aryl methyl sites for hydroxylation is 2. The van der Waals surface area contributed by atoms with E-state index in [4.69, 9.17) is 4.74 Å². The van der Waals surface area contributed by atoms with Gasteiger partial charge in [0.2, 0.25) is 5.88 Å². The Morgan fingerprint density at radius 1 is 1.25 bits per heavy atom. The average Bonchev–Trinajstić information content (AvgIpc) is 3.41. The number of hydrogen-bond donors (Lipinski definition) is 3. The van der Waals surface area contributed by atoms with Crippen molar-refractivity contribution >= 4 is 28.5 Å². The second-order valence-corrected chi connectivity index (χ2v) is 7.48. The molecule has 0 atom stereocenters. The van der Waals surface area contributed by atoms with Gasteiger partial charge >= 0.3 is 12.0 Å². The summed E-state index contributed by atoms with van der Waals surface area (Å²) in [7, 11) is 0. The number of aromatic nitrogens is 3. The standard InChI is InChI=1S/C20H21F2N5O4S/c1-2-12-8-15(22)13(9-14(12)21)10-31-17-16(19(28)29)18(32-26-17)25-20(30)24-4-3-6-27-7-5-23-11-27/h5,7-9,11H,2-4,6,10H2,1H3,(H,28,29)(H2,24,25,30). The predicted octanol–water partition coefficient (Wildman–Crippen LogP) is 3.67. The number of anilines is 1. The normalized spacial score (nSPS) is 10.7. The van der Waals surface area contributed by atoms with E-state index in [0.29, 0.717) is 37.5 Å². The number of carboxylic acids is 1. The van der Waals surface area contributed by atoms with Gasteiger partial charge < -0.3 is 19.7 Å². The van der Waals surface area contributed by atoms with Gasteiger partial charge in [-0.2, -0.15) is 4.37 Å². The Hall–Kier alpha value is -3.54. The number of carbonyl (C=O) groups is 2. The molecule has 0 radical (unpaired) electrons. The number of urea groups is 1. The number of nitrogens with one attached hydrogen (secondary N) is 2. The van der Waals surface area contributed by atoms with Crippen LogP contribution in [0.15, 0.2) is 30.9 Å². The van der Waals surface area contributed by atoms with Crippen molar-refractivity contribution in [3.05, 3.63) is 59.2 Å². The lowest BCUT2D eigenvalue weighted by molar-refractivity contribution is 0.0693. The number of amides is 2. The zero-order chi connectivity index (χ0) is 23.1. The van der Waals surface area contributed by atoms with Crippen molar-refractivity contribution in [2.45, 2.75) is 32.9 Å². The molecule has 0 saturated heterocycles. The highest BCUT2D eigenvalue weighted by molar-refractivity contribution is 7.11. The Morgan fingerprint density at radius 3 is 2.69 bits per heavy atom. The molecule has 0 aliphatic carbocycles. The quantitative estimate of drug-likeness (QED) is 0.393. The first kappa shape index (κ1) is 23.1. The SMILES string of the molecule is CCc1cc(F)c(COc2nsc(NC(=O)NCCCn3ccnc3)c2C(=O)O)cc1F. The number of hydrogen-bond acceptors (Lipinski definition) is 6. The fourth-order valence-electron chi connectivity index (χ4n) is 2.83. The van der Waals surface area contributed by atoms with Gasteiger partial charge in [0.05, 0.1) is 6.33 Å². The van der Waals surface area contributed by atoms with Crippen molar-refractivity contribution in [2.75, 3.05) is 11.9 Å². The highest BCUT2D eigenvalue weighted by Crippen LogP contribution is 2.31. The lowest BCUT2D eigenvalue weighted by Gasteiger charge is -2.09. The number of imidazole rings is 1.